The molecule has 2 heteroatoms. The van der Waals surface area contributed by atoms with Crippen molar-refractivity contribution >= 4 is 0 Å². The van der Waals surface area contributed by atoms with Gasteiger partial charge in [-0.05, 0) is 43.1 Å². The molecule has 0 aliphatic rings. The fourth-order valence-corrected chi connectivity index (χ4v) is 2.51. The molecule has 0 spiro atoms. The van der Waals surface area contributed by atoms with E-state index in [1.54, 1.807) is 0 Å². The van der Waals surface area contributed by atoms with Gasteiger partial charge < -0.3 is 10.1 Å². The lowest BCUT2D eigenvalue weighted by Gasteiger charge is -2.09. The normalized spacial score (nSPS) is 10.7. The first-order chi connectivity index (χ1) is 11.3. The lowest BCUT2D eigenvalue weighted by molar-refractivity contribution is 0.306. The predicted molar refractivity (Wildman–Crippen MR) is 97.8 cm³/mol. The van der Waals surface area contributed by atoms with Gasteiger partial charge in [0.15, 0.2) is 0 Å². The van der Waals surface area contributed by atoms with E-state index in [0.717, 1.165) is 18.8 Å². The zero-order valence-corrected chi connectivity index (χ0v) is 14.5. The summed E-state index contributed by atoms with van der Waals surface area (Å²) in [5.41, 5.74) is 3.76. The summed E-state index contributed by atoms with van der Waals surface area (Å²) in [6.07, 6.45) is 5.21. The Bertz CT molecular complexity index is 562. The highest BCUT2D eigenvalue weighted by Crippen LogP contribution is 2.15. The van der Waals surface area contributed by atoms with Gasteiger partial charge in [-0.15, -0.1) is 0 Å². The van der Waals surface area contributed by atoms with E-state index in [-0.39, 0.29) is 0 Å². The summed E-state index contributed by atoms with van der Waals surface area (Å²) in [7, 11) is 0. The van der Waals surface area contributed by atoms with Crippen LogP contribution in [0.15, 0.2) is 48.5 Å². The van der Waals surface area contributed by atoms with Crippen LogP contribution in [-0.4, -0.2) is 6.54 Å². The first-order valence-electron chi connectivity index (χ1n) is 8.76. The van der Waals surface area contributed by atoms with Crippen molar-refractivity contribution in [3.8, 4) is 5.75 Å². The van der Waals surface area contributed by atoms with Crippen molar-refractivity contribution in [2.45, 2.75) is 52.7 Å². The molecule has 0 aromatic heterocycles. The van der Waals surface area contributed by atoms with Gasteiger partial charge in [0.2, 0.25) is 0 Å². The number of benzene rings is 2. The van der Waals surface area contributed by atoms with E-state index in [4.69, 9.17) is 4.74 Å². The molecular formula is C21H29NO. The van der Waals surface area contributed by atoms with Crippen molar-refractivity contribution < 1.29 is 4.74 Å². The first-order valence-corrected chi connectivity index (χ1v) is 8.76. The number of nitrogens with one attached hydrogen (secondary N) is 1. The topological polar surface area (TPSA) is 21.3 Å². The molecule has 0 aliphatic carbocycles. The first kappa shape index (κ1) is 17.6. The average molecular weight is 311 g/mol. The molecule has 0 fully saturated rings. The third kappa shape index (κ3) is 6.87. The Balaban J connectivity index is 1.74. The summed E-state index contributed by atoms with van der Waals surface area (Å²) in [6, 6.07) is 16.9. The fraction of sp³-hybridized carbons (Fsp3) is 0.429. The minimum atomic E-state index is 0.619. The van der Waals surface area contributed by atoms with Crippen LogP contribution in [0.5, 0.6) is 5.75 Å². The van der Waals surface area contributed by atoms with E-state index in [2.05, 4.69) is 61.6 Å². The molecule has 0 saturated carbocycles. The minimum Gasteiger partial charge on any atom is -0.489 e. The Hall–Kier alpha value is -1.80. The Morgan fingerprint density at radius 3 is 2.52 bits per heavy atom. The number of aryl methyl sites for hydroxylation is 1. The Labute approximate surface area is 140 Å². The molecule has 0 radical (unpaired) electrons. The van der Waals surface area contributed by atoms with Crippen molar-refractivity contribution in [2.24, 2.45) is 0 Å². The lowest BCUT2D eigenvalue weighted by atomic mass is 10.1. The molecule has 0 unspecified atom stereocenters. The summed E-state index contributed by atoms with van der Waals surface area (Å²) in [5.74, 6) is 0.941. The zero-order valence-electron chi connectivity index (χ0n) is 14.5. The van der Waals surface area contributed by atoms with E-state index in [0.29, 0.717) is 6.61 Å². The summed E-state index contributed by atoms with van der Waals surface area (Å²) < 4.78 is 5.90. The minimum absolute atomic E-state index is 0.619. The summed E-state index contributed by atoms with van der Waals surface area (Å²) in [4.78, 5) is 0. The molecule has 1 N–H and O–H groups in total. The van der Waals surface area contributed by atoms with E-state index in [9.17, 15) is 0 Å². The maximum atomic E-state index is 5.90. The molecule has 0 saturated heterocycles. The monoisotopic (exact) mass is 311 g/mol. The van der Waals surface area contributed by atoms with Crippen LogP contribution in [0.2, 0.25) is 0 Å². The van der Waals surface area contributed by atoms with Crippen LogP contribution in [0.1, 0.15) is 49.3 Å². The second-order valence-electron chi connectivity index (χ2n) is 6.16. The van der Waals surface area contributed by atoms with Gasteiger partial charge in [-0.25, -0.2) is 0 Å². The van der Waals surface area contributed by atoms with Gasteiger partial charge in [-0.2, -0.15) is 0 Å². The molecule has 2 aromatic rings. The molecule has 0 heterocycles. The van der Waals surface area contributed by atoms with E-state index in [1.807, 2.05) is 6.07 Å². The van der Waals surface area contributed by atoms with Crippen LogP contribution in [-0.2, 0) is 13.2 Å². The highest BCUT2D eigenvalue weighted by Gasteiger charge is 1.99. The van der Waals surface area contributed by atoms with Crippen molar-refractivity contribution in [1.29, 1.82) is 0 Å². The van der Waals surface area contributed by atoms with Crippen LogP contribution in [0.25, 0.3) is 0 Å². The van der Waals surface area contributed by atoms with Gasteiger partial charge in [0.05, 0.1) is 0 Å². The summed E-state index contributed by atoms with van der Waals surface area (Å²) in [6.45, 7) is 6.97. The second-order valence-corrected chi connectivity index (χ2v) is 6.16. The van der Waals surface area contributed by atoms with Crippen molar-refractivity contribution in [3.05, 3.63) is 65.2 Å². The molecule has 0 aliphatic heterocycles. The Kier molecular flexibility index (Phi) is 7.68. The van der Waals surface area contributed by atoms with Gasteiger partial charge in [0.1, 0.15) is 12.4 Å². The number of ether oxygens (including phenoxy) is 1. The van der Waals surface area contributed by atoms with Crippen LogP contribution < -0.4 is 10.1 Å². The number of unbranched alkanes of at least 4 members (excludes halogenated alkanes) is 3. The summed E-state index contributed by atoms with van der Waals surface area (Å²) >= 11 is 0. The molecule has 2 nitrogen and oxygen atoms in total. The van der Waals surface area contributed by atoms with Gasteiger partial charge in [-0.1, -0.05) is 68.1 Å². The molecule has 124 valence electrons. The van der Waals surface area contributed by atoms with Crippen LogP contribution in [0, 0.1) is 6.92 Å². The largest absolute Gasteiger partial charge is 0.489 e. The molecular weight excluding hydrogens is 282 g/mol. The molecule has 0 atom stereocenters. The molecule has 23 heavy (non-hydrogen) atoms. The number of rotatable bonds is 10. The van der Waals surface area contributed by atoms with Gasteiger partial charge in [0, 0.05) is 6.54 Å². The third-order valence-corrected chi connectivity index (χ3v) is 3.96. The molecule has 2 rings (SSSR count). The third-order valence-electron chi connectivity index (χ3n) is 3.96. The molecule has 0 amide bonds. The predicted octanol–water partition coefficient (Wildman–Crippen LogP) is 5.24. The standard InChI is InChI=1S/C21H29NO/c1-3-4-5-6-14-22-16-20-8-7-9-21(15-20)23-17-19-12-10-18(2)11-13-19/h7-13,15,22H,3-6,14,16-17H2,1-2H3. The van der Waals surface area contributed by atoms with E-state index >= 15 is 0 Å². The van der Waals surface area contributed by atoms with Crippen LogP contribution >= 0.6 is 0 Å². The van der Waals surface area contributed by atoms with E-state index < -0.39 is 0 Å². The van der Waals surface area contributed by atoms with E-state index in [1.165, 1.54) is 42.4 Å². The average Bonchev–Trinajstić information content (AvgIpc) is 2.58. The maximum absolute atomic E-state index is 5.90. The lowest BCUT2D eigenvalue weighted by Crippen LogP contribution is -2.14. The van der Waals surface area contributed by atoms with Crippen LogP contribution in [0.4, 0.5) is 0 Å². The van der Waals surface area contributed by atoms with Crippen LogP contribution in [0.3, 0.4) is 0 Å². The Morgan fingerprint density at radius 2 is 1.74 bits per heavy atom. The van der Waals surface area contributed by atoms with Gasteiger partial charge >= 0.3 is 0 Å². The number of hydrogen-bond donors (Lipinski definition) is 1. The molecule has 2 aromatic carbocycles. The molecule has 0 bridgehead atoms. The van der Waals surface area contributed by atoms with Gasteiger partial charge in [0.25, 0.3) is 0 Å². The SMILES string of the molecule is CCCCCCNCc1cccc(OCc2ccc(C)cc2)c1. The Morgan fingerprint density at radius 1 is 0.913 bits per heavy atom. The van der Waals surface area contributed by atoms with Crippen molar-refractivity contribution in [2.75, 3.05) is 6.54 Å². The second kappa shape index (κ2) is 10.1. The summed E-state index contributed by atoms with van der Waals surface area (Å²) in [5, 5.41) is 3.51. The zero-order chi connectivity index (χ0) is 16.3. The number of hydrogen-bond acceptors (Lipinski definition) is 2. The quantitative estimate of drug-likeness (QED) is 0.606. The van der Waals surface area contributed by atoms with Gasteiger partial charge in [-0.3, -0.25) is 0 Å². The van der Waals surface area contributed by atoms with Crippen molar-refractivity contribution in [1.82, 2.24) is 5.32 Å². The smallest absolute Gasteiger partial charge is 0.120 e. The highest BCUT2D eigenvalue weighted by atomic mass is 16.5. The fourth-order valence-electron chi connectivity index (χ4n) is 2.51. The highest BCUT2D eigenvalue weighted by molar-refractivity contribution is 5.29. The maximum Gasteiger partial charge on any atom is 0.120 e. The van der Waals surface area contributed by atoms with Crippen molar-refractivity contribution in [3.63, 3.8) is 0 Å².